The van der Waals surface area contributed by atoms with E-state index in [1.165, 1.54) is 25.7 Å². The maximum atomic E-state index is 11.8. The Labute approximate surface area is 147 Å². The predicted molar refractivity (Wildman–Crippen MR) is 99.2 cm³/mol. The summed E-state index contributed by atoms with van der Waals surface area (Å²) in [5, 5.41) is 9.25. The molecule has 0 saturated heterocycles. The lowest BCUT2D eigenvalue weighted by atomic mass is 9.98. The van der Waals surface area contributed by atoms with Gasteiger partial charge in [0.2, 0.25) is 5.91 Å². The van der Waals surface area contributed by atoms with Crippen molar-refractivity contribution in [3.8, 4) is 0 Å². The van der Waals surface area contributed by atoms with Crippen molar-refractivity contribution in [2.45, 2.75) is 71.4 Å². The number of nitrogens with zero attached hydrogens (tertiary/aromatic N) is 1. The average molecular weight is 341 g/mol. The van der Waals surface area contributed by atoms with Crippen LogP contribution in [0.25, 0.3) is 0 Å². The van der Waals surface area contributed by atoms with Crippen molar-refractivity contribution in [2.75, 3.05) is 26.7 Å². The van der Waals surface area contributed by atoms with E-state index in [2.05, 4.69) is 27.9 Å². The van der Waals surface area contributed by atoms with E-state index in [0.29, 0.717) is 18.0 Å². The fourth-order valence-electron chi connectivity index (χ4n) is 3.18. The van der Waals surface area contributed by atoms with Crippen LogP contribution in [-0.2, 0) is 9.53 Å². The molecular formula is C18H36N4O2. The molecule has 3 N–H and O–H groups in total. The lowest BCUT2D eigenvalue weighted by molar-refractivity contribution is -0.121. The van der Waals surface area contributed by atoms with Crippen molar-refractivity contribution in [3.63, 3.8) is 0 Å². The van der Waals surface area contributed by atoms with Crippen molar-refractivity contribution in [3.05, 3.63) is 0 Å². The number of ether oxygens (including phenoxy) is 1. The summed E-state index contributed by atoms with van der Waals surface area (Å²) in [7, 11) is 1.72. The molecule has 1 unspecified atom stereocenters. The van der Waals surface area contributed by atoms with Gasteiger partial charge < -0.3 is 20.7 Å². The summed E-state index contributed by atoms with van der Waals surface area (Å²) in [4.78, 5) is 16.0. The van der Waals surface area contributed by atoms with E-state index in [1.54, 1.807) is 7.05 Å². The molecule has 1 atom stereocenters. The average Bonchev–Trinajstić information content (AvgIpc) is 3.02. The van der Waals surface area contributed by atoms with Gasteiger partial charge in [-0.15, -0.1) is 0 Å². The molecule has 0 spiro atoms. The molecule has 1 aliphatic carbocycles. The van der Waals surface area contributed by atoms with Crippen molar-refractivity contribution in [2.24, 2.45) is 10.9 Å². The Balaban J connectivity index is 2.30. The van der Waals surface area contributed by atoms with Gasteiger partial charge in [0.15, 0.2) is 5.96 Å². The van der Waals surface area contributed by atoms with Gasteiger partial charge in [-0.3, -0.25) is 9.79 Å². The number of hydrogen-bond acceptors (Lipinski definition) is 3. The van der Waals surface area contributed by atoms with Gasteiger partial charge in [0.05, 0.1) is 12.6 Å². The summed E-state index contributed by atoms with van der Waals surface area (Å²) in [6.07, 6.45) is 6.51. The van der Waals surface area contributed by atoms with E-state index in [1.807, 2.05) is 20.8 Å². The monoisotopic (exact) mass is 340 g/mol. The highest BCUT2D eigenvalue weighted by Gasteiger charge is 2.25. The van der Waals surface area contributed by atoms with Crippen molar-refractivity contribution in [1.29, 1.82) is 0 Å². The van der Waals surface area contributed by atoms with E-state index >= 15 is 0 Å². The van der Waals surface area contributed by atoms with Crippen molar-refractivity contribution < 1.29 is 9.53 Å². The fourth-order valence-corrected chi connectivity index (χ4v) is 3.18. The Hall–Kier alpha value is -1.30. The Bertz CT molecular complexity index is 398. The van der Waals surface area contributed by atoms with Gasteiger partial charge in [-0.05, 0) is 52.9 Å². The van der Waals surface area contributed by atoms with Crippen LogP contribution in [0.4, 0.5) is 0 Å². The molecule has 0 aromatic rings. The fraction of sp³-hybridized carbons (Fsp3) is 0.889. The molecule has 0 aliphatic heterocycles. The number of carbonyl (C=O) groups excluding carboxylic acids is 1. The second-order valence-electron chi connectivity index (χ2n) is 7.48. The number of amides is 1. The van der Waals surface area contributed by atoms with Crippen molar-refractivity contribution in [1.82, 2.24) is 16.0 Å². The third-order valence-electron chi connectivity index (χ3n) is 4.18. The van der Waals surface area contributed by atoms with Gasteiger partial charge in [0.25, 0.3) is 0 Å². The van der Waals surface area contributed by atoms with Gasteiger partial charge >= 0.3 is 0 Å². The van der Waals surface area contributed by atoms with E-state index in [4.69, 9.17) is 4.74 Å². The molecule has 24 heavy (non-hydrogen) atoms. The summed E-state index contributed by atoms with van der Waals surface area (Å²) in [6.45, 7) is 9.74. The Morgan fingerprint density at radius 3 is 2.46 bits per heavy atom. The van der Waals surface area contributed by atoms with Crippen LogP contribution in [0, 0.1) is 5.92 Å². The van der Waals surface area contributed by atoms with E-state index in [-0.39, 0.29) is 18.0 Å². The Kier molecular flexibility index (Phi) is 9.11. The first kappa shape index (κ1) is 20.7. The molecule has 1 amide bonds. The minimum Gasteiger partial charge on any atom is -0.378 e. The highest BCUT2D eigenvalue weighted by Crippen LogP contribution is 2.30. The van der Waals surface area contributed by atoms with Crippen LogP contribution >= 0.6 is 0 Å². The van der Waals surface area contributed by atoms with Crippen LogP contribution in [0.5, 0.6) is 0 Å². The molecule has 0 bridgehead atoms. The quantitative estimate of drug-likeness (QED) is 0.467. The van der Waals surface area contributed by atoms with Crippen LogP contribution in [-0.4, -0.2) is 50.3 Å². The minimum absolute atomic E-state index is 0.0383. The molecule has 0 aromatic carbocycles. The molecule has 0 heterocycles. The molecule has 140 valence electrons. The molecule has 0 aromatic heterocycles. The third-order valence-corrected chi connectivity index (χ3v) is 4.18. The number of guanidine groups is 1. The molecule has 0 radical (unpaired) electrons. The summed E-state index contributed by atoms with van der Waals surface area (Å²) in [5.74, 6) is 1.31. The normalized spacial score (nSPS) is 17.6. The second-order valence-corrected chi connectivity index (χ2v) is 7.48. The topological polar surface area (TPSA) is 74.8 Å². The highest BCUT2D eigenvalue weighted by atomic mass is 16.5. The highest BCUT2D eigenvalue weighted by molar-refractivity contribution is 5.86. The number of hydrogen-bond donors (Lipinski definition) is 3. The molecule has 1 aliphatic rings. The zero-order valence-electron chi connectivity index (χ0n) is 16.1. The third kappa shape index (κ3) is 8.52. The van der Waals surface area contributed by atoms with Gasteiger partial charge in [-0.25, -0.2) is 0 Å². The van der Waals surface area contributed by atoms with Crippen LogP contribution in [0.1, 0.15) is 59.8 Å². The van der Waals surface area contributed by atoms with Crippen LogP contribution in [0.15, 0.2) is 4.99 Å². The van der Waals surface area contributed by atoms with Gasteiger partial charge in [-0.1, -0.05) is 12.8 Å². The number of carbonyl (C=O) groups is 1. The van der Waals surface area contributed by atoms with E-state index < -0.39 is 0 Å². The van der Waals surface area contributed by atoms with Crippen molar-refractivity contribution >= 4 is 11.9 Å². The molecular weight excluding hydrogens is 304 g/mol. The molecule has 1 rings (SSSR count). The molecule has 1 fully saturated rings. The Morgan fingerprint density at radius 2 is 1.92 bits per heavy atom. The SMILES string of the molecule is CCOC(CCNC(=NC)NCC(=O)NC(C)(C)C)C1CCCC1. The number of aliphatic imine (C=N–C) groups is 1. The summed E-state index contributed by atoms with van der Waals surface area (Å²) >= 11 is 0. The zero-order valence-corrected chi connectivity index (χ0v) is 16.1. The lowest BCUT2D eigenvalue weighted by Crippen LogP contribution is -2.48. The van der Waals surface area contributed by atoms with Crippen LogP contribution in [0.2, 0.25) is 0 Å². The number of rotatable bonds is 8. The maximum absolute atomic E-state index is 11.8. The second kappa shape index (κ2) is 10.5. The molecule has 6 nitrogen and oxygen atoms in total. The summed E-state index contributed by atoms with van der Waals surface area (Å²) in [5.41, 5.74) is -0.221. The van der Waals surface area contributed by atoms with Crippen LogP contribution in [0.3, 0.4) is 0 Å². The lowest BCUT2D eigenvalue weighted by Gasteiger charge is -2.24. The standard InChI is InChI=1S/C18H36N4O2/c1-6-24-15(14-9-7-8-10-14)11-12-20-17(19-5)21-13-16(23)22-18(2,3)4/h14-15H,6-13H2,1-5H3,(H,22,23)(H2,19,20,21). The maximum Gasteiger partial charge on any atom is 0.239 e. The predicted octanol–water partition coefficient (Wildman–Crippen LogP) is 2.05. The minimum atomic E-state index is -0.221. The summed E-state index contributed by atoms with van der Waals surface area (Å²) < 4.78 is 5.93. The number of nitrogens with one attached hydrogen (secondary N) is 3. The van der Waals surface area contributed by atoms with Crippen LogP contribution < -0.4 is 16.0 Å². The van der Waals surface area contributed by atoms with Gasteiger partial charge in [0, 0.05) is 25.7 Å². The van der Waals surface area contributed by atoms with E-state index in [0.717, 1.165) is 19.6 Å². The van der Waals surface area contributed by atoms with Gasteiger partial charge in [-0.2, -0.15) is 0 Å². The van der Waals surface area contributed by atoms with E-state index in [9.17, 15) is 4.79 Å². The first-order valence-corrected chi connectivity index (χ1v) is 9.23. The molecule has 6 heteroatoms. The largest absolute Gasteiger partial charge is 0.378 e. The Morgan fingerprint density at radius 1 is 1.25 bits per heavy atom. The summed E-state index contributed by atoms with van der Waals surface area (Å²) in [6, 6.07) is 0. The zero-order chi connectivity index (χ0) is 18.0. The first-order chi connectivity index (χ1) is 11.4. The smallest absolute Gasteiger partial charge is 0.239 e. The van der Waals surface area contributed by atoms with Gasteiger partial charge in [0.1, 0.15) is 0 Å². The molecule has 1 saturated carbocycles. The first-order valence-electron chi connectivity index (χ1n) is 9.23.